The lowest BCUT2D eigenvalue weighted by atomic mass is 10.2. The van der Waals surface area contributed by atoms with Crippen LogP contribution in [0.1, 0.15) is 25.7 Å². The molecule has 0 aliphatic carbocycles. The van der Waals surface area contributed by atoms with Crippen molar-refractivity contribution in [1.29, 1.82) is 0 Å². The normalized spacial score (nSPS) is 24.9. The van der Waals surface area contributed by atoms with Gasteiger partial charge in [-0.15, -0.1) is 0 Å². The molecule has 1 rings (SSSR count). The van der Waals surface area contributed by atoms with E-state index in [4.69, 9.17) is 0 Å². The molecule has 60 valence electrons. The zero-order valence-corrected chi connectivity index (χ0v) is 6.69. The van der Waals surface area contributed by atoms with E-state index in [1.54, 1.807) is 0 Å². The zero-order chi connectivity index (χ0) is 7.23. The third-order valence-electron chi connectivity index (χ3n) is 1.82. The summed E-state index contributed by atoms with van der Waals surface area (Å²) >= 11 is 0. The van der Waals surface area contributed by atoms with Crippen LogP contribution in [0.2, 0.25) is 0 Å². The van der Waals surface area contributed by atoms with Gasteiger partial charge in [0.1, 0.15) is 0 Å². The topological polar surface area (TPSA) is 27.3 Å². The van der Waals surface area contributed by atoms with Gasteiger partial charge in [-0.1, -0.05) is 12.8 Å². The number of hydrazine groups is 2. The highest BCUT2D eigenvalue weighted by Crippen LogP contribution is 2.00. The van der Waals surface area contributed by atoms with E-state index in [1.807, 2.05) is 0 Å². The van der Waals surface area contributed by atoms with Gasteiger partial charge in [-0.05, 0) is 12.8 Å². The van der Waals surface area contributed by atoms with Gasteiger partial charge in [-0.2, -0.15) is 5.53 Å². The second kappa shape index (κ2) is 4.66. The maximum absolute atomic E-state index is 3.15. The first kappa shape index (κ1) is 7.98. The second-order valence-electron chi connectivity index (χ2n) is 2.87. The van der Waals surface area contributed by atoms with E-state index in [-0.39, 0.29) is 0 Å². The van der Waals surface area contributed by atoms with Crippen molar-refractivity contribution in [3.63, 3.8) is 0 Å². The largest absolute Gasteiger partial charge is 0.244 e. The third-order valence-corrected chi connectivity index (χ3v) is 1.82. The third kappa shape index (κ3) is 3.15. The van der Waals surface area contributed by atoms with E-state index in [0.717, 1.165) is 13.1 Å². The Morgan fingerprint density at radius 2 is 1.90 bits per heavy atom. The van der Waals surface area contributed by atoms with Crippen LogP contribution in [-0.4, -0.2) is 25.1 Å². The van der Waals surface area contributed by atoms with Crippen molar-refractivity contribution < 1.29 is 0 Å². The lowest BCUT2D eigenvalue weighted by molar-refractivity contribution is 0.195. The van der Waals surface area contributed by atoms with Crippen LogP contribution in [0.5, 0.6) is 0 Å². The van der Waals surface area contributed by atoms with Gasteiger partial charge in [0.2, 0.25) is 0 Å². The predicted octanol–water partition coefficient (Wildman–Crippen LogP) is 0.501. The number of nitrogens with zero attached hydrogens (tertiary/aromatic N) is 1. The minimum Gasteiger partial charge on any atom is -0.244 e. The first-order valence-corrected chi connectivity index (χ1v) is 4.09. The van der Waals surface area contributed by atoms with Crippen LogP contribution in [-0.2, 0) is 0 Å². The van der Waals surface area contributed by atoms with Crippen LogP contribution in [0, 0.1) is 0 Å². The molecular formula is C7H17N3. The molecule has 0 spiro atoms. The predicted molar refractivity (Wildman–Crippen MR) is 42.2 cm³/mol. The van der Waals surface area contributed by atoms with Crippen molar-refractivity contribution in [3.05, 3.63) is 0 Å². The first-order chi connectivity index (χ1) is 4.89. The summed E-state index contributed by atoms with van der Waals surface area (Å²) in [5.74, 6) is 0. The Kier molecular flexibility index (Phi) is 3.72. The average molecular weight is 143 g/mol. The van der Waals surface area contributed by atoms with E-state index in [2.05, 4.69) is 23.0 Å². The Balaban J connectivity index is 2.15. The molecule has 0 bridgehead atoms. The lowest BCUT2D eigenvalue weighted by Crippen LogP contribution is -2.44. The molecule has 0 saturated carbocycles. The van der Waals surface area contributed by atoms with Gasteiger partial charge in [-0.3, -0.25) is 0 Å². The molecule has 0 amide bonds. The highest BCUT2D eigenvalue weighted by Gasteiger charge is 1.99. The summed E-state index contributed by atoms with van der Waals surface area (Å²) in [5, 5.41) is 2.10. The van der Waals surface area contributed by atoms with E-state index in [0.29, 0.717) is 0 Å². The Bertz CT molecular complexity index is 74.9. The fourth-order valence-electron chi connectivity index (χ4n) is 1.16. The molecular weight excluding hydrogens is 126 g/mol. The molecule has 1 aliphatic rings. The van der Waals surface area contributed by atoms with Crippen LogP contribution in [0.25, 0.3) is 0 Å². The number of rotatable bonds is 0. The monoisotopic (exact) mass is 143 g/mol. The fraction of sp³-hybridized carbons (Fsp3) is 1.00. The molecule has 10 heavy (non-hydrogen) atoms. The molecule has 0 radical (unpaired) electrons. The average Bonchev–Trinajstić information content (AvgIpc) is 2.02. The van der Waals surface area contributed by atoms with Gasteiger partial charge in [0.05, 0.1) is 0 Å². The first-order valence-electron chi connectivity index (χ1n) is 4.09. The minimum absolute atomic E-state index is 1.09. The Morgan fingerprint density at radius 3 is 2.80 bits per heavy atom. The van der Waals surface area contributed by atoms with Crippen LogP contribution in [0.3, 0.4) is 0 Å². The summed E-state index contributed by atoms with van der Waals surface area (Å²) in [6, 6.07) is 0. The van der Waals surface area contributed by atoms with E-state index in [1.165, 1.54) is 25.7 Å². The Morgan fingerprint density at radius 1 is 1.10 bits per heavy atom. The van der Waals surface area contributed by atoms with Crippen molar-refractivity contribution in [3.8, 4) is 0 Å². The van der Waals surface area contributed by atoms with Crippen molar-refractivity contribution in [1.82, 2.24) is 16.0 Å². The summed E-state index contributed by atoms with van der Waals surface area (Å²) in [6.07, 6.45) is 5.34. The molecule has 1 aliphatic heterocycles. The molecule has 0 unspecified atom stereocenters. The van der Waals surface area contributed by atoms with Gasteiger partial charge in [-0.25, -0.2) is 10.4 Å². The quantitative estimate of drug-likeness (QED) is 0.517. The molecule has 0 aromatic carbocycles. The SMILES string of the molecule is CN1CCCCCCNN1. The molecule has 1 fully saturated rings. The van der Waals surface area contributed by atoms with E-state index < -0.39 is 0 Å². The standard InChI is InChI=1S/C7H17N3/c1-10-7-5-3-2-4-6-8-9-10/h8-9H,2-7H2,1H3. The van der Waals surface area contributed by atoms with Crippen molar-refractivity contribution in [2.24, 2.45) is 0 Å². The molecule has 1 saturated heterocycles. The fourth-order valence-corrected chi connectivity index (χ4v) is 1.16. The van der Waals surface area contributed by atoms with Gasteiger partial charge in [0.25, 0.3) is 0 Å². The molecule has 1 heterocycles. The van der Waals surface area contributed by atoms with Crippen LogP contribution in [0.4, 0.5) is 0 Å². The van der Waals surface area contributed by atoms with Crippen molar-refractivity contribution >= 4 is 0 Å². The highest BCUT2D eigenvalue weighted by molar-refractivity contribution is 4.51. The van der Waals surface area contributed by atoms with Crippen molar-refractivity contribution in [2.45, 2.75) is 25.7 Å². The smallest absolute Gasteiger partial charge is 0.0141 e. The van der Waals surface area contributed by atoms with E-state index >= 15 is 0 Å². The summed E-state index contributed by atoms with van der Waals surface area (Å²) in [4.78, 5) is 0. The molecule has 3 heteroatoms. The second-order valence-corrected chi connectivity index (χ2v) is 2.87. The molecule has 0 aromatic heterocycles. The van der Waals surface area contributed by atoms with Crippen LogP contribution >= 0.6 is 0 Å². The summed E-state index contributed by atoms with van der Waals surface area (Å²) in [7, 11) is 2.07. The summed E-state index contributed by atoms with van der Waals surface area (Å²) in [5.41, 5.74) is 6.26. The number of nitrogens with one attached hydrogen (secondary N) is 2. The Hall–Kier alpha value is -0.120. The minimum atomic E-state index is 1.09. The molecule has 0 aromatic rings. The Labute approximate surface area is 62.7 Å². The number of hydrogen-bond acceptors (Lipinski definition) is 3. The van der Waals surface area contributed by atoms with Gasteiger partial charge < -0.3 is 0 Å². The van der Waals surface area contributed by atoms with Gasteiger partial charge >= 0.3 is 0 Å². The maximum atomic E-state index is 3.15. The van der Waals surface area contributed by atoms with Crippen molar-refractivity contribution in [2.75, 3.05) is 20.1 Å². The van der Waals surface area contributed by atoms with Crippen LogP contribution < -0.4 is 11.0 Å². The van der Waals surface area contributed by atoms with Gasteiger partial charge in [0.15, 0.2) is 0 Å². The molecule has 2 N–H and O–H groups in total. The lowest BCUT2D eigenvalue weighted by Gasteiger charge is -2.16. The summed E-state index contributed by atoms with van der Waals surface area (Å²) in [6.45, 7) is 2.23. The van der Waals surface area contributed by atoms with E-state index in [9.17, 15) is 0 Å². The summed E-state index contributed by atoms with van der Waals surface area (Å²) < 4.78 is 0. The van der Waals surface area contributed by atoms with Crippen LogP contribution in [0.15, 0.2) is 0 Å². The molecule has 3 nitrogen and oxygen atoms in total. The highest BCUT2D eigenvalue weighted by atomic mass is 15.7. The number of hydrogen-bond donors (Lipinski definition) is 2. The van der Waals surface area contributed by atoms with Gasteiger partial charge in [0, 0.05) is 20.1 Å². The molecule has 0 atom stereocenters. The zero-order valence-electron chi connectivity index (χ0n) is 6.69. The maximum Gasteiger partial charge on any atom is 0.0141 e.